The molecule has 1 aromatic rings. The van der Waals surface area contributed by atoms with Gasteiger partial charge in [-0.1, -0.05) is 18.2 Å². The zero-order valence-electron chi connectivity index (χ0n) is 7.74. The smallest absolute Gasteiger partial charge is 0.150 e. The van der Waals surface area contributed by atoms with Crippen LogP contribution in [0.1, 0.15) is 22.3 Å². The zero-order chi connectivity index (χ0) is 10.4. The third-order valence-corrected chi connectivity index (χ3v) is 1.81. The molecule has 0 heterocycles. The molecule has 0 saturated carbocycles. The molecule has 0 aliphatic carbocycles. The molecule has 0 amide bonds. The van der Waals surface area contributed by atoms with E-state index < -0.39 is 5.82 Å². The summed E-state index contributed by atoms with van der Waals surface area (Å²) in [4.78, 5) is 10.6. The van der Waals surface area contributed by atoms with Gasteiger partial charge in [0.25, 0.3) is 0 Å². The molecule has 0 saturated heterocycles. The third-order valence-electron chi connectivity index (χ3n) is 1.81. The van der Waals surface area contributed by atoms with Gasteiger partial charge in [0.15, 0.2) is 6.29 Å². The minimum Gasteiger partial charge on any atom is -0.330 e. The maximum Gasteiger partial charge on any atom is 0.150 e. The number of halogens is 1. The molecule has 0 radical (unpaired) electrons. The van der Waals surface area contributed by atoms with Crippen molar-refractivity contribution in [3.05, 3.63) is 41.2 Å². The summed E-state index contributed by atoms with van der Waals surface area (Å²) in [7, 11) is 0. The van der Waals surface area contributed by atoms with E-state index in [1.54, 1.807) is 12.1 Å². The molecule has 0 aliphatic rings. The van der Waals surface area contributed by atoms with Crippen molar-refractivity contribution in [2.75, 3.05) is 6.54 Å². The summed E-state index contributed by atoms with van der Waals surface area (Å²) >= 11 is 0. The monoisotopic (exact) mass is 193 g/mol. The van der Waals surface area contributed by atoms with Gasteiger partial charge < -0.3 is 5.73 Å². The molecule has 3 heteroatoms. The van der Waals surface area contributed by atoms with Gasteiger partial charge in [0.1, 0.15) is 5.82 Å². The fourth-order valence-corrected chi connectivity index (χ4v) is 1.11. The standard InChI is InChI=1S/C11H12FNO/c12-11-5-4-9(3-1-2-6-13)10(7-11)8-14/h1,3-5,7-8H,2,6,13H2. The Morgan fingerprint density at radius 3 is 2.79 bits per heavy atom. The number of carbonyl (C=O) groups is 1. The van der Waals surface area contributed by atoms with Crippen molar-refractivity contribution >= 4 is 12.4 Å². The summed E-state index contributed by atoms with van der Waals surface area (Å²) in [5, 5.41) is 0. The van der Waals surface area contributed by atoms with E-state index in [1.807, 2.05) is 6.08 Å². The first kappa shape index (κ1) is 10.6. The normalized spacial score (nSPS) is 10.7. The van der Waals surface area contributed by atoms with Gasteiger partial charge in [0, 0.05) is 5.56 Å². The van der Waals surface area contributed by atoms with Gasteiger partial charge in [-0.3, -0.25) is 4.79 Å². The van der Waals surface area contributed by atoms with Crippen LogP contribution in [-0.4, -0.2) is 12.8 Å². The van der Waals surface area contributed by atoms with Crippen LogP contribution in [0.5, 0.6) is 0 Å². The first-order chi connectivity index (χ1) is 6.77. The second-order valence-corrected chi connectivity index (χ2v) is 2.87. The van der Waals surface area contributed by atoms with Crippen molar-refractivity contribution < 1.29 is 9.18 Å². The third kappa shape index (κ3) is 2.78. The second-order valence-electron chi connectivity index (χ2n) is 2.87. The van der Waals surface area contributed by atoms with E-state index in [0.717, 1.165) is 12.0 Å². The molecule has 1 aromatic carbocycles. The molecular weight excluding hydrogens is 181 g/mol. The average molecular weight is 193 g/mol. The highest BCUT2D eigenvalue weighted by atomic mass is 19.1. The molecule has 0 aromatic heterocycles. The number of hydrogen-bond acceptors (Lipinski definition) is 2. The molecule has 0 unspecified atom stereocenters. The van der Waals surface area contributed by atoms with E-state index >= 15 is 0 Å². The number of hydrogen-bond donors (Lipinski definition) is 1. The predicted molar refractivity (Wildman–Crippen MR) is 54.5 cm³/mol. The van der Waals surface area contributed by atoms with Crippen LogP contribution in [0.3, 0.4) is 0 Å². The molecule has 2 N–H and O–H groups in total. The van der Waals surface area contributed by atoms with Crippen molar-refractivity contribution in [3.8, 4) is 0 Å². The van der Waals surface area contributed by atoms with Crippen molar-refractivity contribution in [2.24, 2.45) is 5.73 Å². The Labute approximate surface area is 82.2 Å². The average Bonchev–Trinajstić information content (AvgIpc) is 2.20. The molecular formula is C11H12FNO. The van der Waals surface area contributed by atoms with Crippen LogP contribution in [0.4, 0.5) is 4.39 Å². The van der Waals surface area contributed by atoms with Crippen LogP contribution in [-0.2, 0) is 0 Å². The van der Waals surface area contributed by atoms with Crippen LogP contribution >= 0.6 is 0 Å². The molecule has 2 nitrogen and oxygen atoms in total. The van der Waals surface area contributed by atoms with Crippen molar-refractivity contribution in [1.82, 2.24) is 0 Å². The molecule has 0 fully saturated rings. The van der Waals surface area contributed by atoms with E-state index in [4.69, 9.17) is 5.73 Å². The van der Waals surface area contributed by atoms with E-state index in [0.29, 0.717) is 18.4 Å². The maximum atomic E-state index is 12.7. The van der Waals surface area contributed by atoms with Gasteiger partial charge in [-0.05, 0) is 30.7 Å². The van der Waals surface area contributed by atoms with Gasteiger partial charge >= 0.3 is 0 Å². The fraction of sp³-hybridized carbons (Fsp3) is 0.182. The Bertz CT molecular complexity index is 347. The number of nitrogens with two attached hydrogens (primary N) is 1. The van der Waals surface area contributed by atoms with Crippen LogP contribution in [0.15, 0.2) is 24.3 Å². The summed E-state index contributed by atoms with van der Waals surface area (Å²) in [6.07, 6.45) is 5.02. The van der Waals surface area contributed by atoms with Gasteiger partial charge in [-0.25, -0.2) is 4.39 Å². The van der Waals surface area contributed by atoms with E-state index in [9.17, 15) is 9.18 Å². The molecule has 74 valence electrons. The van der Waals surface area contributed by atoms with E-state index in [2.05, 4.69) is 0 Å². The maximum absolute atomic E-state index is 12.7. The van der Waals surface area contributed by atoms with Crippen LogP contribution < -0.4 is 5.73 Å². The van der Waals surface area contributed by atoms with Crippen LogP contribution in [0.25, 0.3) is 6.08 Å². The molecule has 0 aliphatic heterocycles. The molecule has 0 atom stereocenters. The highest BCUT2D eigenvalue weighted by molar-refractivity contribution is 5.81. The number of rotatable bonds is 4. The van der Waals surface area contributed by atoms with Crippen LogP contribution in [0.2, 0.25) is 0 Å². The highest BCUT2D eigenvalue weighted by Gasteiger charge is 1.99. The van der Waals surface area contributed by atoms with Gasteiger partial charge in [0.05, 0.1) is 0 Å². The summed E-state index contributed by atoms with van der Waals surface area (Å²) in [6.45, 7) is 0.564. The van der Waals surface area contributed by atoms with Crippen molar-refractivity contribution in [3.63, 3.8) is 0 Å². The quantitative estimate of drug-likeness (QED) is 0.743. The summed E-state index contributed by atoms with van der Waals surface area (Å²) in [5.74, 6) is -0.400. The first-order valence-electron chi connectivity index (χ1n) is 4.39. The Morgan fingerprint density at radius 2 is 2.14 bits per heavy atom. The SMILES string of the molecule is NCCC=Cc1ccc(F)cc1C=O. The van der Waals surface area contributed by atoms with Gasteiger partial charge in [-0.2, -0.15) is 0 Å². The molecule has 14 heavy (non-hydrogen) atoms. The minimum atomic E-state index is -0.400. The van der Waals surface area contributed by atoms with Crippen molar-refractivity contribution in [2.45, 2.75) is 6.42 Å². The Balaban J connectivity index is 2.90. The van der Waals surface area contributed by atoms with Crippen LogP contribution in [0, 0.1) is 5.82 Å². The van der Waals surface area contributed by atoms with Gasteiger partial charge in [0.2, 0.25) is 0 Å². The first-order valence-corrected chi connectivity index (χ1v) is 4.39. The van der Waals surface area contributed by atoms with E-state index in [1.165, 1.54) is 12.1 Å². The lowest BCUT2D eigenvalue weighted by molar-refractivity contribution is 0.112. The predicted octanol–water partition coefficient (Wildman–Crippen LogP) is 2.00. The number of aldehydes is 1. The zero-order valence-corrected chi connectivity index (χ0v) is 7.74. The molecule has 0 bridgehead atoms. The summed E-state index contributed by atoms with van der Waals surface area (Å²) < 4.78 is 12.7. The Morgan fingerprint density at radius 1 is 1.36 bits per heavy atom. The lowest BCUT2D eigenvalue weighted by Gasteiger charge is -1.98. The Hall–Kier alpha value is -1.48. The summed E-state index contributed by atoms with van der Waals surface area (Å²) in [5.41, 5.74) is 6.38. The van der Waals surface area contributed by atoms with Gasteiger partial charge in [-0.15, -0.1) is 0 Å². The second kappa shape index (κ2) is 5.29. The summed E-state index contributed by atoms with van der Waals surface area (Å²) in [6, 6.07) is 4.12. The Kier molecular flexibility index (Phi) is 4.01. The lowest BCUT2D eigenvalue weighted by atomic mass is 10.1. The van der Waals surface area contributed by atoms with Crippen molar-refractivity contribution in [1.29, 1.82) is 0 Å². The number of benzene rings is 1. The topological polar surface area (TPSA) is 43.1 Å². The lowest BCUT2D eigenvalue weighted by Crippen LogP contribution is -1.95. The largest absolute Gasteiger partial charge is 0.330 e. The van der Waals surface area contributed by atoms with E-state index in [-0.39, 0.29) is 0 Å². The molecule has 0 spiro atoms. The minimum absolute atomic E-state index is 0.360. The fourth-order valence-electron chi connectivity index (χ4n) is 1.11. The highest BCUT2D eigenvalue weighted by Crippen LogP contribution is 2.11. The number of carbonyl (C=O) groups excluding carboxylic acids is 1. The molecule has 1 rings (SSSR count).